The number of piperazine rings is 1. The molecule has 0 atom stereocenters. The Balaban J connectivity index is 1.75. The minimum absolute atomic E-state index is 0.00918. The summed E-state index contributed by atoms with van der Waals surface area (Å²) in [6.45, 7) is 1.06. The number of amides is 1. The minimum Gasteiger partial charge on any atom is -0.490 e. The second kappa shape index (κ2) is 8.94. The summed E-state index contributed by atoms with van der Waals surface area (Å²) in [5.74, 6) is -0.652. The van der Waals surface area contributed by atoms with Crippen LogP contribution in [0.5, 0.6) is 5.75 Å². The molecule has 1 aliphatic rings. The lowest BCUT2D eigenvalue weighted by Gasteiger charge is -2.34. The second-order valence-corrected chi connectivity index (χ2v) is 9.05. The first-order valence-corrected chi connectivity index (χ1v) is 11.0. The van der Waals surface area contributed by atoms with Crippen LogP contribution in [0.25, 0.3) is 0 Å². The fraction of sp³-hybridized carbons (Fsp3) is 0.368. The number of methoxy groups -OCH3 is 1. The molecular formula is C19H19F3N4O6S. The highest BCUT2D eigenvalue weighted by atomic mass is 32.2. The van der Waals surface area contributed by atoms with Gasteiger partial charge < -0.3 is 9.64 Å². The molecule has 2 heterocycles. The number of aromatic nitrogens is 1. The van der Waals surface area contributed by atoms with Crippen LogP contribution in [0.15, 0.2) is 35.2 Å². The number of benzene rings is 1. The van der Waals surface area contributed by atoms with E-state index >= 15 is 0 Å². The first kappa shape index (κ1) is 24.4. The number of hydrogen-bond donors (Lipinski definition) is 0. The van der Waals surface area contributed by atoms with Crippen molar-refractivity contribution in [2.75, 3.05) is 33.3 Å². The summed E-state index contributed by atoms with van der Waals surface area (Å²) < 4.78 is 70.2. The zero-order chi connectivity index (χ0) is 24.6. The number of carbonyl (C=O) groups excluding carboxylic acids is 1. The largest absolute Gasteiger partial charge is 0.490 e. The zero-order valence-electron chi connectivity index (χ0n) is 17.5. The highest BCUT2D eigenvalue weighted by Gasteiger charge is 2.35. The summed E-state index contributed by atoms with van der Waals surface area (Å²) in [7, 11) is -2.87. The van der Waals surface area contributed by atoms with Crippen LogP contribution in [0.1, 0.15) is 21.7 Å². The Kier molecular flexibility index (Phi) is 6.61. The molecule has 1 aromatic carbocycles. The minimum atomic E-state index is -4.64. The van der Waals surface area contributed by atoms with Crippen molar-refractivity contribution in [3.05, 3.63) is 57.4 Å². The van der Waals surface area contributed by atoms with Crippen LogP contribution < -0.4 is 4.74 Å². The zero-order valence-corrected chi connectivity index (χ0v) is 18.3. The van der Waals surface area contributed by atoms with E-state index in [0.29, 0.717) is 0 Å². The summed E-state index contributed by atoms with van der Waals surface area (Å²) >= 11 is 0. The van der Waals surface area contributed by atoms with Gasteiger partial charge in [-0.15, -0.1) is 0 Å². The van der Waals surface area contributed by atoms with Crippen LogP contribution in [0.3, 0.4) is 0 Å². The van der Waals surface area contributed by atoms with E-state index in [1.807, 2.05) is 0 Å². The average molecular weight is 488 g/mol. The topological polar surface area (TPSA) is 123 Å². The third kappa shape index (κ3) is 4.90. The smallest absolute Gasteiger partial charge is 0.433 e. The molecule has 1 amide bonds. The highest BCUT2D eigenvalue weighted by Crippen LogP contribution is 2.31. The van der Waals surface area contributed by atoms with Crippen molar-refractivity contribution in [2.45, 2.75) is 18.0 Å². The third-order valence-electron chi connectivity index (χ3n) is 5.12. The van der Waals surface area contributed by atoms with Gasteiger partial charge in [0.15, 0.2) is 5.75 Å². The molecule has 10 nitrogen and oxygen atoms in total. The molecule has 0 N–H and O–H groups in total. The number of rotatable bonds is 5. The molecule has 1 saturated heterocycles. The van der Waals surface area contributed by atoms with Gasteiger partial charge in [0.05, 0.1) is 28.2 Å². The van der Waals surface area contributed by atoms with Crippen molar-refractivity contribution in [1.82, 2.24) is 14.2 Å². The summed E-state index contributed by atoms with van der Waals surface area (Å²) in [6.07, 6.45) is -4.64. The Morgan fingerprint density at radius 2 is 1.79 bits per heavy atom. The van der Waals surface area contributed by atoms with Gasteiger partial charge in [-0.1, -0.05) is 0 Å². The maximum absolute atomic E-state index is 12.9. The molecule has 0 bridgehead atoms. The van der Waals surface area contributed by atoms with Gasteiger partial charge in [0.1, 0.15) is 5.69 Å². The summed E-state index contributed by atoms with van der Waals surface area (Å²) in [4.78, 5) is 27.7. The van der Waals surface area contributed by atoms with Crippen LogP contribution in [-0.2, 0) is 16.2 Å². The number of nitrogens with zero attached hydrogens (tertiary/aromatic N) is 4. The standard InChI is InChI=1S/C19H19F3N4O6S/c1-12-14(4-6-17(23-12)19(20,21)22)18(27)24-7-9-25(10-8-24)33(30,31)13-3-5-16(32-2)15(11-13)26(28)29/h3-6,11H,7-10H2,1-2H3. The molecule has 1 aliphatic heterocycles. The molecule has 3 rings (SSSR count). The number of carbonyl (C=O) groups is 1. The number of alkyl halides is 3. The molecule has 1 fully saturated rings. The van der Waals surface area contributed by atoms with E-state index in [1.54, 1.807) is 0 Å². The highest BCUT2D eigenvalue weighted by molar-refractivity contribution is 7.89. The number of halogens is 3. The number of ether oxygens (including phenoxy) is 1. The van der Waals surface area contributed by atoms with Crippen LogP contribution in [-0.4, -0.2) is 66.7 Å². The first-order valence-electron chi connectivity index (χ1n) is 9.53. The number of nitro groups is 1. The lowest BCUT2D eigenvalue weighted by atomic mass is 10.1. The van der Waals surface area contributed by atoms with E-state index in [1.165, 1.54) is 31.1 Å². The van der Waals surface area contributed by atoms with Gasteiger partial charge in [0.25, 0.3) is 5.91 Å². The van der Waals surface area contributed by atoms with Crippen molar-refractivity contribution in [3.8, 4) is 5.75 Å². The van der Waals surface area contributed by atoms with Crippen LogP contribution in [0, 0.1) is 17.0 Å². The molecule has 33 heavy (non-hydrogen) atoms. The Morgan fingerprint density at radius 3 is 2.30 bits per heavy atom. The Labute approximate surface area is 186 Å². The molecule has 14 heteroatoms. The van der Waals surface area contributed by atoms with Gasteiger partial charge >= 0.3 is 11.9 Å². The number of aryl methyl sites for hydroxylation is 1. The Morgan fingerprint density at radius 1 is 1.15 bits per heavy atom. The lowest BCUT2D eigenvalue weighted by Crippen LogP contribution is -2.50. The normalized spacial score (nSPS) is 15.4. The molecule has 0 saturated carbocycles. The molecule has 0 radical (unpaired) electrons. The first-order chi connectivity index (χ1) is 15.4. The van der Waals surface area contributed by atoms with E-state index in [9.17, 15) is 36.5 Å². The predicted octanol–water partition coefficient (Wildman–Crippen LogP) is 2.47. The van der Waals surface area contributed by atoms with Gasteiger partial charge in [-0.3, -0.25) is 14.9 Å². The predicted molar refractivity (Wildman–Crippen MR) is 108 cm³/mol. The van der Waals surface area contributed by atoms with Crippen molar-refractivity contribution >= 4 is 21.6 Å². The SMILES string of the molecule is COc1ccc(S(=O)(=O)N2CCN(C(=O)c3ccc(C(F)(F)F)nc3C)CC2)cc1[N+](=O)[O-]. The Bertz CT molecular complexity index is 1190. The van der Waals surface area contributed by atoms with E-state index in [4.69, 9.17) is 4.74 Å². The molecule has 0 aliphatic carbocycles. The molecule has 2 aromatic rings. The fourth-order valence-electron chi connectivity index (χ4n) is 3.37. The van der Waals surface area contributed by atoms with Crippen molar-refractivity contribution in [1.29, 1.82) is 0 Å². The van der Waals surface area contributed by atoms with Crippen molar-refractivity contribution < 1.29 is 36.0 Å². The van der Waals surface area contributed by atoms with Gasteiger partial charge in [-0.25, -0.2) is 13.4 Å². The molecule has 1 aromatic heterocycles. The van der Waals surface area contributed by atoms with E-state index in [-0.39, 0.29) is 48.1 Å². The van der Waals surface area contributed by atoms with Crippen LogP contribution in [0.2, 0.25) is 0 Å². The summed E-state index contributed by atoms with van der Waals surface area (Å²) in [5, 5.41) is 11.2. The third-order valence-corrected chi connectivity index (χ3v) is 7.01. The van der Waals surface area contributed by atoms with E-state index in [2.05, 4.69) is 4.98 Å². The van der Waals surface area contributed by atoms with Crippen molar-refractivity contribution in [2.24, 2.45) is 0 Å². The number of nitro benzene ring substituents is 1. The number of pyridine rings is 1. The lowest BCUT2D eigenvalue weighted by molar-refractivity contribution is -0.386. The summed E-state index contributed by atoms with van der Waals surface area (Å²) in [5.41, 5.74) is -1.71. The van der Waals surface area contributed by atoms with Gasteiger partial charge in [-0.05, 0) is 31.2 Å². The molecule has 178 valence electrons. The van der Waals surface area contributed by atoms with Gasteiger partial charge in [0, 0.05) is 32.2 Å². The van der Waals surface area contributed by atoms with Crippen molar-refractivity contribution in [3.63, 3.8) is 0 Å². The Hall–Kier alpha value is -3.26. The number of hydrogen-bond acceptors (Lipinski definition) is 7. The number of sulfonamides is 1. The molecule has 0 spiro atoms. The maximum Gasteiger partial charge on any atom is 0.433 e. The van der Waals surface area contributed by atoms with Gasteiger partial charge in [0.2, 0.25) is 10.0 Å². The van der Waals surface area contributed by atoms with E-state index < -0.39 is 38.4 Å². The average Bonchev–Trinajstić information content (AvgIpc) is 2.77. The van der Waals surface area contributed by atoms with E-state index in [0.717, 1.165) is 22.5 Å². The monoisotopic (exact) mass is 488 g/mol. The second-order valence-electron chi connectivity index (χ2n) is 7.11. The summed E-state index contributed by atoms with van der Waals surface area (Å²) in [6, 6.07) is 5.05. The molecule has 0 unspecified atom stereocenters. The van der Waals surface area contributed by atoms with Gasteiger partial charge in [-0.2, -0.15) is 17.5 Å². The van der Waals surface area contributed by atoms with Crippen LogP contribution >= 0.6 is 0 Å². The maximum atomic E-state index is 12.9. The molecular weight excluding hydrogens is 469 g/mol. The van der Waals surface area contributed by atoms with Crippen LogP contribution in [0.4, 0.5) is 18.9 Å². The quantitative estimate of drug-likeness (QED) is 0.468. The fourth-order valence-corrected chi connectivity index (χ4v) is 4.81.